The molecule has 1 aliphatic heterocycles. The lowest BCUT2D eigenvalue weighted by Crippen LogP contribution is -2.30. The lowest BCUT2D eigenvalue weighted by molar-refractivity contribution is -0.117. The van der Waals surface area contributed by atoms with Crippen molar-refractivity contribution in [2.75, 3.05) is 6.61 Å². The third kappa shape index (κ3) is 4.35. The zero-order valence-electron chi connectivity index (χ0n) is 13.3. The van der Waals surface area contributed by atoms with E-state index < -0.39 is 6.61 Å². The molecule has 0 saturated heterocycles. The normalized spacial score (nSPS) is 16.4. The van der Waals surface area contributed by atoms with Gasteiger partial charge in [0.15, 0.2) is 0 Å². The lowest BCUT2D eigenvalue weighted by atomic mass is 10.0. The predicted octanol–water partition coefficient (Wildman–Crippen LogP) is 3.94. The average Bonchev–Trinajstić information content (AvgIpc) is 2.61. The first-order chi connectivity index (χ1) is 12.1. The Morgan fingerprint density at radius 3 is 2.80 bits per heavy atom. The number of nitrogens with one attached hydrogen (secondary N) is 1. The van der Waals surface area contributed by atoms with Crippen LogP contribution >= 0.6 is 0 Å². The van der Waals surface area contributed by atoms with Crippen LogP contribution in [0, 0.1) is 0 Å². The standard InChI is InChI=1S/C19H17F2NO3/c20-19(21)25-16-7-3-1-5-13(16)9-10-18(23)22-15-11-12-24-17-8-4-2-6-14(15)17/h1-10,15,19H,11-12H2,(H,22,23). The Morgan fingerprint density at radius 2 is 1.96 bits per heavy atom. The van der Waals surface area contributed by atoms with E-state index in [0.717, 1.165) is 11.3 Å². The molecule has 1 aliphatic rings. The Labute approximate surface area is 144 Å². The smallest absolute Gasteiger partial charge is 0.387 e. The number of alkyl halides is 2. The minimum atomic E-state index is -2.91. The molecular weight excluding hydrogens is 328 g/mol. The van der Waals surface area contributed by atoms with Gasteiger partial charge in [-0.15, -0.1) is 0 Å². The van der Waals surface area contributed by atoms with Gasteiger partial charge in [-0.3, -0.25) is 4.79 Å². The van der Waals surface area contributed by atoms with Crippen LogP contribution in [0.2, 0.25) is 0 Å². The van der Waals surface area contributed by atoms with E-state index in [1.165, 1.54) is 18.2 Å². The van der Waals surface area contributed by atoms with Gasteiger partial charge >= 0.3 is 6.61 Å². The molecule has 4 nitrogen and oxygen atoms in total. The molecule has 6 heteroatoms. The van der Waals surface area contributed by atoms with Crippen molar-refractivity contribution < 1.29 is 23.0 Å². The molecule has 130 valence electrons. The third-order valence-corrected chi connectivity index (χ3v) is 3.82. The van der Waals surface area contributed by atoms with Crippen LogP contribution in [0.4, 0.5) is 8.78 Å². The molecule has 0 spiro atoms. The van der Waals surface area contributed by atoms with Gasteiger partial charge < -0.3 is 14.8 Å². The summed E-state index contributed by atoms with van der Waals surface area (Å²) in [7, 11) is 0. The van der Waals surface area contributed by atoms with Crippen molar-refractivity contribution in [2.45, 2.75) is 19.1 Å². The molecule has 0 fully saturated rings. The van der Waals surface area contributed by atoms with Crippen LogP contribution in [0.3, 0.4) is 0 Å². The number of fused-ring (bicyclic) bond motifs is 1. The molecule has 2 aromatic rings. The Morgan fingerprint density at radius 1 is 1.20 bits per heavy atom. The van der Waals surface area contributed by atoms with Gasteiger partial charge in [0.2, 0.25) is 5.91 Å². The number of benzene rings is 2. The Bertz CT molecular complexity index is 777. The zero-order valence-corrected chi connectivity index (χ0v) is 13.3. The summed E-state index contributed by atoms with van der Waals surface area (Å²) in [5.74, 6) is 0.477. The van der Waals surface area contributed by atoms with Crippen LogP contribution in [0.1, 0.15) is 23.6 Å². The number of carbonyl (C=O) groups is 1. The van der Waals surface area contributed by atoms with Crippen molar-refractivity contribution in [3.63, 3.8) is 0 Å². The van der Waals surface area contributed by atoms with Crippen molar-refractivity contribution in [3.8, 4) is 11.5 Å². The molecule has 1 amide bonds. The number of ether oxygens (including phenoxy) is 2. The molecule has 0 radical (unpaired) electrons. The quantitative estimate of drug-likeness (QED) is 0.835. The molecule has 3 rings (SSSR count). The van der Waals surface area contributed by atoms with Crippen molar-refractivity contribution in [1.29, 1.82) is 0 Å². The first-order valence-corrected chi connectivity index (χ1v) is 7.87. The minimum absolute atomic E-state index is 0.0259. The highest BCUT2D eigenvalue weighted by Gasteiger charge is 2.21. The number of amides is 1. The molecule has 0 aliphatic carbocycles. The number of rotatable bonds is 5. The maximum Gasteiger partial charge on any atom is 0.387 e. The second-order valence-corrected chi connectivity index (χ2v) is 5.49. The van der Waals surface area contributed by atoms with Gasteiger partial charge in [0.05, 0.1) is 12.6 Å². The summed E-state index contributed by atoms with van der Waals surface area (Å²) >= 11 is 0. The minimum Gasteiger partial charge on any atom is -0.493 e. The lowest BCUT2D eigenvalue weighted by Gasteiger charge is -2.26. The molecule has 1 N–H and O–H groups in total. The summed E-state index contributed by atoms with van der Waals surface area (Å²) in [5.41, 5.74) is 1.34. The molecule has 2 aromatic carbocycles. The predicted molar refractivity (Wildman–Crippen MR) is 89.5 cm³/mol. The van der Waals surface area contributed by atoms with E-state index in [-0.39, 0.29) is 17.7 Å². The second-order valence-electron chi connectivity index (χ2n) is 5.49. The molecule has 25 heavy (non-hydrogen) atoms. The van der Waals surface area contributed by atoms with Crippen molar-refractivity contribution in [1.82, 2.24) is 5.32 Å². The van der Waals surface area contributed by atoms with E-state index in [4.69, 9.17) is 4.74 Å². The van der Waals surface area contributed by atoms with Crippen LogP contribution < -0.4 is 14.8 Å². The van der Waals surface area contributed by atoms with Crippen LogP contribution in [-0.2, 0) is 4.79 Å². The molecule has 1 unspecified atom stereocenters. The fourth-order valence-corrected chi connectivity index (χ4v) is 2.70. The topological polar surface area (TPSA) is 47.6 Å². The van der Waals surface area contributed by atoms with Gasteiger partial charge in [0.1, 0.15) is 11.5 Å². The van der Waals surface area contributed by atoms with E-state index in [1.807, 2.05) is 24.3 Å². The van der Waals surface area contributed by atoms with Crippen LogP contribution in [0.15, 0.2) is 54.6 Å². The first kappa shape index (κ1) is 17.0. The number of carbonyl (C=O) groups excluding carboxylic acids is 1. The van der Waals surface area contributed by atoms with Crippen LogP contribution in [0.25, 0.3) is 6.08 Å². The fraction of sp³-hybridized carbons (Fsp3) is 0.211. The van der Waals surface area contributed by atoms with Crippen molar-refractivity contribution >= 4 is 12.0 Å². The van der Waals surface area contributed by atoms with Gasteiger partial charge in [0.25, 0.3) is 0 Å². The van der Waals surface area contributed by atoms with E-state index in [9.17, 15) is 13.6 Å². The van der Waals surface area contributed by atoms with Crippen molar-refractivity contribution in [2.24, 2.45) is 0 Å². The summed E-state index contributed by atoms with van der Waals surface area (Å²) in [5, 5.41) is 2.91. The van der Waals surface area contributed by atoms with Gasteiger partial charge in [-0.2, -0.15) is 8.78 Å². The molecule has 0 bridgehead atoms. The maximum atomic E-state index is 12.4. The van der Waals surface area contributed by atoms with E-state index in [1.54, 1.807) is 18.2 Å². The molecule has 0 saturated carbocycles. The first-order valence-electron chi connectivity index (χ1n) is 7.87. The molecule has 1 heterocycles. The maximum absolute atomic E-state index is 12.4. The van der Waals surface area contributed by atoms with Gasteiger partial charge in [-0.05, 0) is 18.2 Å². The summed E-state index contributed by atoms with van der Waals surface area (Å²) in [6.45, 7) is -2.39. The Kier molecular flexibility index (Phi) is 5.28. The summed E-state index contributed by atoms with van der Waals surface area (Å²) < 4.78 is 34.8. The summed E-state index contributed by atoms with van der Waals surface area (Å²) in [6.07, 6.45) is 3.44. The Hall–Kier alpha value is -2.89. The average molecular weight is 345 g/mol. The number of halogens is 2. The van der Waals surface area contributed by atoms with Gasteiger partial charge in [-0.1, -0.05) is 36.4 Å². The highest BCUT2D eigenvalue weighted by atomic mass is 19.3. The zero-order chi connectivity index (χ0) is 17.6. The number of hydrogen-bond acceptors (Lipinski definition) is 3. The largest absolute Gasteiger partial charge is 0.493 e. The second kappa shape index (κ2) is 7.79. The van der Waals surface area contributed by atoms with E-state index >= 15 is 0 Å². The molecule has 0 aromatic heterocycles. The molecular formula is C19H17F2NO3. The number of hydrogen-bond donors (Lipinski definition) is 1. The SMILES string of the molecule is O=C(C=Cc1ccccc1OC(F)F)NC1CCOc2ccccc21. The van der Waals surface area contributed by atoms with E-state index in [0.29, 0.717) is 18.6 Å². The fourth-order valence-electron chi connectivity index (χ4n) is 2.70. The van der Waals surface area contributed by atoms with Crippen LogP contribution in [-0.4, -0.2) is 19.1 Å². The highest BCUT2D eigenvalue weighted by molar-refractivity contribution is 5.92. The third-order valence-electron chi connectivity index (χ3n) is 3.82. The summed E-state index contributed by atoms with van der Waals surface area (Å²) in [4.78, 5) is 12.2. The van der Waals surface area contributed by atoms with Crippen LogP contribution in [0.5, 0.6) is 11.5 Å². The Balaban J connectivity index is 1.69. The highest BCUT2D eigenvalue weighted by Crippen LogP contribution is 2.31. The van der Waals surface area contributed by atoms with Gasteiger partial charge in [0, 0.05) is 23.6 Å². The van der Waals surface area contributed by atoms with Gasteiger partial charge in [-0.25, -0.2) is 0 Å². The van der Waals surface area contributed by atoms with E-state index in [2.05, 4.69) is 10.1 Å². The number of para-hydroxylation sites is 2. The monoisotopic (exact) mass is 345 g/mol. The molecule has 1 atom stereocenters. The summed E-state index contributed by atoms with van der Waals surface area (Å²) in [6, 6.07) is 13.7. The van der Waals surface area contributed by atoms with Crippen molar-refractivity contribution in [3.05, 3.63) is 65.7 Å².